The second-order valence-corrected chi connectivity index (χ2v) is 5.74. The molecule has 1 fully saturated rings. The van der Waals surface area contributed by atoms with Gasteiger partial charge in [-0.25, -0.2) is 9.97 Å². The summed E-state index contributed by atoms with van der Waals surface area (Å²) in [6, 6.07) is 0.463. The molecule has 1 saturated heterocycles. The second-order valence-electron chi connectivity index (χ2n) is 5.74. The molecule has 3 rings (SSSR count). The third-order valence-corrected chi connectivity index (χ3v) is 4.46. The Labute approximate surface area is 115 Å². The molecule has 1 aliphatic heterocycles. The van der Waals surface area contributed by atoms with Crippen LogP contribution in [0.15, 0.2) is 6.33 Å². The van der Waals surface area contributed by atoms with Crippen LogP contribution in [0.1, 0.15) is 43.9 Å². The summed E-state index contributed by atoms with van der Waals surface area (Å²) in [5, 5.41) is 3.63. The number of rotatable bonds is 3. The van der Waals surface area contributed by atoms with E-state index in [9.17, 15) is 0 Å². The quantitative estimate of drug-likeness (QED) is 0.908. The molecule has 1 aliphatic carbocycles. The molecule has 0 spiro atoms. The Kier molecular flexibility index (Phi) is 3.97. The van der Waals surface area contributed by atoms with E-state index in [-0.39, 0.29) is 0 Å². The average Bonchev–Trinajstić information content (AvgIpc) is 2.48. The van der Waals surface area contributed by atoms with E-state index in [0.29, 0.717) is 12.0 Å². The molecule has 0 radical (unpaired) electrons. The molecule has 2 heterocycles. The fraction of sp³-hybridized carbons (Fsp3) is 0.733. The second kappa shape index (κ2) is 5.87. The van der Waals surface area contributed by atoms with Gasteiger partial charge in [-0.15, -0.1) is 0 Å². The van der Waals surface area contributed by atoms with Crippen LogP contribution < -0.4 is 5.32 Å². The van der Waals surface area contributed by atoms with Gasteiger partial charge < -0.3 is 10.1 Å². The maximum Gasteiger partial charge on any atom is 0.133 e. The molecular weight excluding hydrogens is 238 g/mol. The van der Waals surface area contributed by atoms with Gasteiger partial charge in [0.15, 0.2) is 0 Å². The van der Waals surface area contributed by atoms with Crippen LogP contribution in [0.25, 0.3) is 0 Å². The van der Waals surface area contributed by atoms with E-state index in [2.05, 4.69) is 22.2 Å². The van der Waals surface area contributed by atoms with E-state index in [1.54, 1.807) is 6.33 Å². The minimum absolute atomic E-state index is 0.463. The summed E-state index contributed by atoms with van der Waals surface area (Å²) in [5.41, 5.74) is 2.61. The third-order valence-electron chi connectivity index (χ3n) is 4.46. The van der Waals surface area contributed by atoms with Crippen molar-refractivity contribution in [2.45, 2.75) is 51.5 Å². The molecule has 0 aromatic carbocycles. The molecule has 0 saturated carbocycles. The molecule has 0 amide bonds. The third kappa shape index (κ3) is 2.89. The summed E-state index contributed by atoms with van der Waals surface area (Å²) in [6.07, 6.45) is 8.78. The van der Waals surface area contributed by atoms with Gasteiger partial charge in [-0.1, -0.05) is 0 Å². The van der Waals surface area contributed by atoms with Crippen LogP contribution in [0.3, 0.4) is 0 Å². The van der Waals surface area contributed by atoms with Crippen molar-refractivity contribution in [3.8, 4) is 0 Å². The monoisotopic (exact) mass is 261 g/mol. The van der Waals surface area contributed by atoms with Gasteiger partial charge in [0.25, 0.3) is 0 Å². The Balaban J connectivity index is 1.72. The normalized spacial score (nSPS) is 21.7. The van der Waals surface area contributed by atoms with Gasteiger partial charge in [0, 0.05) is 30.5 Å². The van der Waals surface area contributed by atoms with Gasteiger partial charge in [0.2, 0.25) is 0 Å². The standard InChI is InChI=1S/C15H23N3O/c1-11(12-6-8-19-9-7-12)18-15-13-4-2-3-5-14(13)16-10-17-15/h10-12H,2-9H2,1H3,(H,16,17,18). The largest absolute Gasteiger partial charge is 0.381 e. The Morgan fingerprint density at radius 1 is 1.21 bits per heavy atom. The molecule has 0 bridgehead atoms. The number of aryl methyl sites for hydroxylation is 1. The number of nitrogens with zero attached hydrogens (tertiary/aromatic N) is 2. The number of nitrogens with one attached hydrogen (secondary N) is 1. The molecule has 4 heteroatoms. The number of hydrogen-bond donors (Lipinski definition) is 1. The highest BCUT2D eigenvalue weighted by atomic mass is 16.5. The van der Waals surface area contributed by atoms with Gasteiger partial charge in [0.05, 0.1) is 0 Å². The van der Waals surface area contributed by atoms with Gasteiger partial charge >= 0.3 is 0 Å². The van der Waals surface area contributed by atoms with E-state index >= 15 is 0 Å². The van der Waals surface area contributed by atoms with E-state index in [1.807, 2.05) is 0 Å². The fourth-order valence-electron chi connectivity index (χ4n) is 3.19. The molecular formula is C15H23N3O. The summed E-state index contributed by atoms with van der Waals surface area (Å²) in [7, 11) is 0. The van der Waals surface area contributed by atoms with Crippen LogP contribution in [0.4, 0.5) is 5.82 Å². The molecule has 1 unspecified atom stereocenters. The van der Waals surface area contributed by atoms with Crippen molar-refractivity contribution >= 4 is 5.82 Å². The molecule has 104 valence electrons. The van der Waals surface area contributed by atoms with E-state index in [1.165, 1.54) is 24.1 Å². The first-order valence-electron chi connectivity index (χ1n) is 7.51. The summed E-state index contributed by atoms with van der Waals surface area (Å²) in [4.78, 5) is 8.90. The molecule has 2 aliphatic rings. The fourth-order valence-corrected chi connectivity index (χ4v) is 3.19. The minimum Gasteiger partial charge on any atom is -0.381 e. The maximum absolute atomic E-state index is 5.44. The zero-order valence-electron chi connectivity index (χ0n) is 11.7. The van der Waals surface area contributed by atoms with Gasteiger partial charge in [0.1, 0.15) is 12.1 Å². The van der Waals surface area contributed by atoms with Crippen molar-refractivity contribution in [2.75, 3.05) is 18.5 Å². The number of hydrogen-bond acceptors (Lipinski definition) is 4. The van der Waals surface area contributed by atoms with Gasteiger partial charge in [-0.3, -0.25) is 0 Å². The van der Waals surface area contributed by atoms with Gasteiger partial charge in [-0.05, 0) is 51.4 Å². The molecule has 19 heavy (non-hydrogen) atoms. The summed E-state index contributed by atoms with van der Waals surface area (Å²) in [6.45, 7) is 4.07. The van der Waals surface area contributed by atoms with E-state index in [4.69, 9.17) is 4.74 Å². The Hall–Kier alpha value is -1.16. The molecule has 1 aromatic heterocycles. The number of ether oxygens (including phenoxy) is 1. The van der Waals surface area contributed by atoms with Crippen LogP contribution in [0, 0.1) is 5.92 Å². The van der Waals surface area contributed by atoms with Crippen molar-refractivity contribution in [2.24, 2.45) is 5.92 Å². The SMILES string of the molecule is CC(Nc1ncnc2c1CCCC2)C1CCOCC1. The predicted octanol–water partition coefficient (Wildman–Crippen LogP) is 2.58. The topological polar surface area (TPSA) is 47.0 Å². The van der Waals surface area contributed by atoms with E-state index < -0.39 is 0 Å². The average molecular weight is 261 g/mol. The number of aromatic nitrogens is 2. The van der Waals surface area contributed by atoms with E-state index in [0.717, 1.165) is 44.7 Å². The first kappa shape index (κ1) is 12.9. The highest BCUT2D eigenvalue weighted by Gasteiger charge is 2.22. The molecule has 1 aromatic rings. The summed E-state index contributed by atoms with van der Waals surface area (Å²) >= 11 is 0. The zero-order valence-corrected chi connectivity index (χ0v) is 11.7. The first-order chi connectivity index (χ1) is 9.34. The van der Waals surface area contributed by atoms with Crippen LogP contribution >= 0.6 is 0 Å². The van der Waals surface area contributed by atoms with Crippen molar-refractivity contribution in [3.63, 3.8) is 0 Å². The predicted molar refractivity (Wildman–Crippen MR) is 75.3 cm³/mol. The molecule has 4 nitrogen and oxygen atoms in total. The lowest BCUT2D eigenvalue weighted by Gasteiger charge is -2.29. The highest BCUT2D eigenvalue weighted by Crippen LogP contribution is 2.27. The van der Waals surface area contributed by atoms with Crippen LogP contribution in [-0.4, -0.2) is 29.2 Å². The lowest BCUT2D eigenvalue weighted by atomic mass is 9.92. The summed E-state index contributed by atoms with van der Waals surface area (Å²) in [5.74, 6) is 1.77. The smallest absolute Gasteiger partial charge is 0.133 e. The van der Waals surface area contributed by atoms with Crippen molar-refractivity contribution in [1.29, 1.82) is 0 Å². The molecule has 1 atom stereocenters. The Morgan fingerprint density at radius 3 is 2.84 bits per heavy atom. The number of fused-ring (bicyclic) bond motifs is 1. The van der Waals surface area contributed by atoms with Crippen molar-refractivity contribution in [3.05, 3.63) is 17.6 Å². The molecule has 1 N–H and O–H groups in total. The van der Waals surface area contributed by atoms with Crippen molar-refractivity contribution < 1.29 is 4.74 Å². The Bertz CT molecular complexity index is 429. The van der Waals surface area contributed by atoms with Gasteiger partial charge in [-0.2, -0.15) is 0 Å². The maximum atomic E-state index is 5.44. The first-order valence-corrected chi connectivity index (χ1v) is 7.51. The lowest BCUT2D eigenvalue weighted by molar-refractivity contribution is 0.0622. The van der Waals surface area contributed by atoms with Crippen molar-refractivity contribution in [1.82, 2.24) is 9.97 Å². The van der Waals surface area contributed by atoms with Crippen LogP contribution in [0.5, 0.6) is 0 Å². The summed E-state index contributed by atoms with van der Waals surface area (Å²) < 4.78 is 5.44. The van der Waals surface area contributed by atoms with Crippen LogP contribution in [-0.2, 0) is 17.6 Å². The minimum atomic E-state index is 0.463. The number of anilines is 1. The van der Waals surface area contributed by atoms with Crippen LogP contribution in [0.2, 0.25) is 0 Å². The highest BCUT2D eigenvalue weighted by molar-refractivity contribution is 5.47. The Morgan fingerprint density at radius 2 is 2.00 bits per heavy atom. The zero-order chi connectivity index (χ0) is 13.1. The lowest BCUT2D eigenvalue weighted by Crippen LogP contribution is -2.32.